The molecule has 130 valence electrons. The number of hydrogen-bond donors (Lipinski definition) is 2. The van der Waals surface area contributed by atoms with Gasteiger partial charge in [-0.15, -0.1) is 0 Å². The van der Waals surface area contributed by atoms with E-state index in [1.807, 2.05) is 24.3 Å². The number of rotatable bonds is 5. The lowest BCUT2D eigenvalue weighted by molar-refractivity contribution is 0.0589. The van der Waals surface area contributed by atoms with Gasteiger partial charge >= 0.3 is 0 Å². The highest BCUT2D eigenvalue weighted by Crippen LogP contribution is 2.35. The van der Waals surface area contributed by atoms with Crippen LogP contribution in [0.2, 0.25) is 0 Å². The Morgan fingerprint density at radius 2 is 1.96 bits per heavy atom. The average molecular weight is 336 g/mol. The minimum absolute atomic E-state index is 0.214. The number of fused-ring (bicyclic) bond motifs is 3. The summed E-state index contributed by atoms with van der Waals surface area (Å²) in [5.74, 6) is 0.898. The molecule has 25 heavy (non-hydrogen) atoms. The molecule has 0 bridgehead atoms. The zero-order valence-electron chi connectivity index (χ0n) is 14.8. The lowest BCUT2D eigenvalue weighted by atomic mass is 9.89. The lowest BCUT2D eigenvalue weighted by Gasteiger charge is -2.35. The molecule has 1 unspecified atom stereocenters. The Morgan fingerprint density at radius 1 is 1.12 bits per heavy atom. The standard InChI is InChI=1S/C21H24N2O2/c1-21(14-25-13-15-6-4-3-5-7-15)20-17(10-11-22-21)18-12-16(24-2)8-9-19(18)23-20/h3-9,12,22-23H,10-11,13-14H2,1-2H3. The van der Waals surface area contributed by atoms with Crippen molar-refractivity contribution in [3.05, 3.63) is 65.4 Å². The lowest BCUT2D eigenvalue weighted by Crippen LogP contribution is -2.48. The van der Waals surface area contributed by atoms with E-state index in [-0.39, 0.29) is 5.54 Å². The second kappa shape index (κ2) is 6.54. The van der Waals surface area contributed by atoms with Gasteiger partial charge in [-0.3, -0.25) is 0 Å². The van der Waals surface area contributed by atoms with E-state index < -0.39 is 0 Å². The molecule has 2 heterocycles. The summed E-state index contributed by atoms with van der Waals surface area (Å²) in [6, 6.07) is 16.5. The molecule has 1 aliphatic rings. The predicted octanol–water partition coefficient (Wildman–Crippen LogP) is 3.75. The Morgan fingerprint density at radius 3 is 2.76 bits per heavy atom. The molecule has 4 rings (SSSR count). The zero-order chi connectivity index (χ0) is 17.3. The van der Waals surface area contributed by atoms with Crippen LogP contribution in [0.3, 0.4) is 0 Å². The van der Waals surface area contributed by atoms with Gasteiger partial charge in [0.2, 0.25) is 0 Å². The maximum Gasteiger partial charge on any atom is 0.119 e. The van der Waals surface area contributed by atoms with Crippen LogP contribution in [0.25, 0.3) is 10.9 Å². The summed E-state index contributed by atoms with van der Waals surface area (Å²) in [4.78, 5) is 3.61. The fraction of sp³-hybridized carbons (Fsp3) is 0.333. The maximum absolute atomic E-state index is 6.05. The smallest absolute Gasteiger partial charge is 0.119 e. The molecule has 0 saturated carbocycles. The van der Waals surface area contributed by atoms with E-state index in [4.69, 9.17) is 9.47 Å². The fourth-order valence-electron chi connectivity index (χ4n) is 3.71. The molecule has 1 aliphatic heterocycles. The molecule has 0 amide bonds. The summed E-state index contributed by atoms with van der Waals surface area (Å²) in [7, 11) is 1.71. The number of benzene rings is 2. The third-order valence-electron chi connectivity index (χ3n) is 5.06. The van der Waals surface area contributed by atoms with E-state index >= 15 is 0 Å². The molecular formula is C21H24N2O2. The number of methoxy groups -OCH3 is 1. The highest BCUT2D eigenvalue weighted by molar-refractivity contribution is 5.86. The van der Waals surface area contributed by atoms with E-state index in [9.17, 15) is 0 Å². The Kier molecular flexibility index (Phi) is 4.24. The van der Waals surface area contributed by atoms with Gasteiger partial charge in [0.15, 0.2) is 0 Å². The minimum atomic E-state index is -0.214. The molecule has 4 nitrogen and oxygen atoms in total. The molecule has 3 aromatic rings. The van der Waals surface area contributed by atoms with Crippen LogP contribution in [-0.4, -0.2) is 25.2 Å². The van der Waals surface area contributed by atoms with Crippen LogP contribution in [0.15, 0.2) is 48.5 Å². The zero-order valence-corrected chi connectivity index (χ0v) is 14.8. The summed E-state index contributed by atoms with van der Waals surface area (Å²) >= 11 is 0. The first-order chi connectivity index (χ1) is 12.2. The molecule has 0 aliphatic carbocycles. The summed E-state index contributed by atoms with van der Waals surface area (Å²) in [6.45, 7) is 4.41. The molecule has 2 N–H and O–H groups in total. The molecule has 1 aromatic heterocycles. The number of H-pyrrole nitrogens is 1. The van der Waals surface area contributed by atoms with Crippen molar-refractivity contribution in [2.75, 3.05) is 20.3 Å². The predicted molar refractivity (Wildman–Crippen MR) is 100 cm³/mol. The summed E-state index contributed by atoms with van der Waals surface area (Å²) < 4.78 is 11.4. The van der Waals surface area contributed by atoms with Crippen LogP contribution in [0.5, 0.6) is 5.75 Å². The molecule has 2 aromatic carbocycles. The number of ether oxygens (including phenoxy) is 2. The van der Waals surface area contributed by atoms with Gasteiger partial charge in [0.1, 0.15) is 5.75 Å². The quantitative estimate of drug-likeness (QED) is 0.746. The van der Waals surface area contributed by atoms with E-state index in [0.29, 0.717) is 13.2 Å². The Balaban J connectivity index is 1.59. The first kappa shape index (κ1) is 16.2. The van der Waals surface area contributed by atoms with Crippen LogP contribution in [-0.2, 0) is 23.3 Å². The van der Waals surface area contributed by atoms with E-state index in [1.54, 1.807) is 7.11 Å². The minimum Gasteiger partial charge on any atom is -0.497 e. The third-order valence-corrected chi connectivity index (χ3v) is 5.06. The molecule has 0 saturated heterocycles. The van der Waals surface area contributed by atoms with Crippen molar-refractivity contribution in [1.29, 1.82) is 0 Å². The summed E-state index contributed by atoms with van der Waals surface area (Å²) in [5.41, 5.74) is 4.75. The Hall–Kier alpha value is -2.30. The van der Waals surface area contributed by atoms with Crippen molar-refractivity contribution in [3.63, 3.8) is 0 Å². The largest absolute Gasteiger partial charge is 0.497 e. The molecular weight excluding hydrogens is 312 g/mol. The molecule has 0 spiro atoms. The van der Waals surface area contributed by atoms with E-state index in [2.05, 4.69) is 41.5 Å². The first-order valence-electron chi connectivity index (χ1n) is 8.75. The van der Waals surface area contributed by atoms with Crippen molar-refractivity contribution in [2.24, 2.45) is 0 Å². The van der Waals surface area contributed by atoms with Crippen molar-refractivity contribution in [1.82, 2.24) is 10.3 Å². The Labute approximate surface area is 148 Å². The summed E-state index contributed by atoms with van der Waals surface area (Å²) in [5, 5.41) is 4.89. The van der Waals surface area contributed by atoms with E-state index in [1.165, 1.54) is 22.2 Å². The van der Waals surface area contributed by atoms with Gasteiger partial charge in [-0.05, 0) is 42.7 Å². The van der Waals surface area contributed by atoms with E-state index in [0.717, 1.165) is 24.2 Å². The van der Waals surface area contributed by atoms with Gasteiger partial charge in [0, 0.05) is 23.1 Å². The molecule has 4 heteroatoms. The monoisotopic (exact) mass is 336 g/mol. The van der Waals surface area contributed by atoms with Crippen LogP contribution in [0, 0.1) is 0 Å². The highest BCUT2D eigenvalue weighted by atomic mass is 16.5. The van der Waals surface area contributed by atoms with Gasteiger partial charge in [0.25, 0.3) is 0 Å². The first-order valence-corrected chi connectivity index (χ1v) is 8.75. The van der Waals surface area contributed by atoms with Crippen molar-refractivity contribution < 1.29 is 9.47 Å². The van der Waals surface area contributed by atoms with Gasteiger partial charge < -0.3 is 19.8 Å². The van der Waals surface area contributed by atoms with Crippen LogP contribution in [0.1, 0.15) is 23.7 Å². The second-order valence-corrected chi connectivity index (χ2v) is 6.88. The van der Waals surface area contributed by atoms with Crippen molar-refractivity contribution in [2.45, 2.75) is 25.5 Å². The summed E-state index contributed by atoms with van der Waals surface area (Å²) in [6.07, 6.45) is 1.01. The molecule has 1 atom stereocenters. The van der Waals surface area contributed by atoms with Gasteiger partial charge in [-0.2, -0.15) is 0 Å². The second-order valence-electron chi connectivity index (χ2n) is 6.88. The van der Waals surface area contributed by atoms with Crippen molar-refractivity contribution >= 4 is 10.9 Å². The van der Waals surface area contributed by atoms with Gasteiger partial charge in [-0.25, -0.2) is 0 Å². The number of nitrogens with one attached hydrogen (secondary N) is 2. The van der Waals surface area contributed by atoms with Crippen LogP contribution >= 0.6 is 0 Å². The SMILES string of the molecule is COc1ccc2[nH]c3c(c2c1)CCNC3(C)COCc1ccccc1. The maximum atomic E-state index is 6.05. The van der Waals surface area contributed by atoms with Gasteiger partial charge in [0.05, 0.1) is 25.9 Å². The van der Waals surface area contributed by atoms with Gasteiger partial charge in [-0.1, -0.05) is 30.3 Å². The average Bonchev–Trinajstić information content (AvgIpc) is 3.02. The number of hydrogen-bond acceptors (Lipinski definition) is 3. The van der Waals surface area contributed by atoms with Crippen LogP contribution < -0.4 is 10.1 Å². The fourth-order valence-corrected chi connectivity index (χ4v) is 3.71. The molecule has 0 fully saturated rings. The topological polar surface area (TPSA) is 46.3 Å². The molecule has 0 radical (unpaired) electrons. The highest BCUT2D eigenvalue weighted by Gasteiger charge is 2.34. The number of aromatic amines is 1. The van der Waals surface area contributed by atoms with Crippen LogP contribution in [0.4, 0.5) is 0 Å². The normalized spacial score (nSPS) is 19.8. The number of aromatic nitrogens is 1. The Bertz CT molecular complexity index is 872. The van der Waals surface area contributed by atoms with Crippen molar-refractivity contribution in [3.8, 4) is 5.75 Å². The third kappa shape index (κ3) is 3.03.